The maximum absolute atomic E-state index is 13.2. The van der Waals surface area contributed by atoms with Gasteiger partial charge in [-0.2, -0.15) is 0 Å². The molecular formula is C26H26N2O2. The second kappa shape index (κ2) is 7.94. The van der Waals surface area contributed by atoms with E-state index < -0.39 is 0 Å². The molecule has 2 amide bonds. The molecule has 0 radical (unpaired) electrons. The van der Waals surface area contributed by atoms with Gasteiger partial charge in [-0.15, -0.1) is 0 Å². The first-order valence-electron chi connectivity index (χ1n) is 10.8. The zero-order valence-corrected chi connectivity index (χ0v) is 17.1. The van der Waals surface area contributed by atoms with Crippen LogP contribution < -0.4 is 0 Å². The molecule has 1 fully saturated rings. The minimum absolute atomic E-state index is 0.0202. The van der Waals surface area contributed by atoms with Crippen LogP contribution in [-0.4, -0.2) is 41.2 Å². The van der Waals surface area contributed by atoms with Crippen molar-refractivity contribution < 1.29 is 9.59 Å². The van der Waals surface area contributed by atoms with Crippen molar-refractivity contribution in [1.82, 2.24) is 9.80 Å². The Bertz CT molecular complexity index is 1090. The predicted octanol–water partition coefficient (Wildman–Crippen LogP) is 4.28. The van der Waals surface area contributed by atoms with E-state index in [4.69, 9.17) is 0 Å². The Labute approximate surface area is 177 Å². The molecule has 2 aliphatic rings. The van der Waals surface area contributed by atoms with Gasteiger partial charge in [0.05, 0.1) is 0 Å². The lowest BCUT2D eigenvalue weighted by atomic mass is 9.92. The Hall–Kier alpha value is -3.14. The maximum atomic E-state index is 13.2. The lowest BCUT2D eigenvalue weighted by Gasteiger charge is -2.36. The normalized spacial score (nSPS) is 17.1. The van der Waals surface area contributed by atoms with Crippen molar-refractivity contribution in [2.75, 3.05) is 19.6 Å². The van der Waals surface area contributed by atoms with Gasteiger partial charge in [-0.1, -0.05) is 60.7 Å². The van der Waals surface area contributed by atoms with Gasteiger partial charge < -0.3 is 9.80 Å². The molecule has 0 saturated carbocycles. The van der Waals surface area contributed by atoms with E-state index in [-0.39, 0.29) is 17.7 Å². The molecule has 2 aliphatic heterocycles. The van der Waals surface area contributed by atoms with Gasteiger partial charge in [-0.25, -0.2) is 0 Å². The molecule has 152 valence electrons. The summed E-state index contributed by atoms with van der Waals surface area (Å²) in [5.41, 5.74) is 3.38. The number of fused-ring (bicyclic) bond motifs is 2. The summed E-state index contributed by atoms with van der Waals surface area (Å²) in [6, 6.07) is 22.3. The SMILES string of the molecule is O=C(c1cccc2ccccc12)N1CCC(C(=O)N2CCc3ccccc3C2)CC1. The topological polar surface area (TPSA) is 40.6 Å². The van der Waals surface area contributed by atoms with Gasteiger partial charge in [0.15, 0.2) is 0 Å². The Morgan fingerprint density at radius 1 is 0.733 bits per heavy atom. The fourth-order valence-corrected chi connectivity index (χ4v) is 4.85. The Morgan fingerprint density at radius 2 is 1.43 bits per heavy atom. The van der Waals surface area contributed by atoms with Gasteiger partial charge in [-0.3, -0.25) is 9.59 Å². The summed E-state index contributed by atoms with van der Waals surface area (Å²) in [7, 11) is 0. The van der Waals surface area contributed by atoms with Crippen molar-refractivity contribution in [2.24, 2.45) is 5.92 Å². The number of carbonyl (C=O) groups excluding carboxylic acids is 2. The first-order valence-corrected chi connectivity index (χ1v) is 10.8. The summed E-state index contributed by atoms with van der Waals surface area (Å²) < 4.78 is 0. The van der Waals surface area contributed by atoms with E-state index in [1.54, 1.807) is 0 Å². The fraction of sp³-hybridized carbons (Fsp3) is 0.308. The van der Waals surface area contributed by atoms with Gasteiger partial charge in [0.2, 0.25) is 5.91 Å². The molecule has 0 bridgehead atoms. The number of amides is 2. The van der Waals surface area contributed by atoms with Crippen LogP contribution in [0, 0.1) is 5.92 Å². The van der Waals surface area contributed by atoms with Gasteiger partial charge in [-0.05, 0) is 47.2 Å². The number of carbonyl (C=O) groups is 2. The Balaban J connectivity index is 1.24. The third-order valence-electron chi connectivity index (χ3n) is 6.59. The number of benzene rings is 3. The van der Waals surface area contributed by atoms with Crippen LogP contribution in [0.25, 0.3) is 10.8 Å². The third kappa shape index (κ3) is 3.47. The molecule has 3 aromatic rings. The van der Waals surface area contributed by atoms with E-state index in [1.807, 2.05) is 58.3 Å². The number of likely N-dealkylation sites (tertiary alicyclic amines) is 1. The molecular weight excluding hydrogens is 372 g/mol. The molecule has 0 N–H and O–H groups in total. The number of nitrogens with zero attached hydrogens (tertiary/aromatic N) is 2. The van der Waals surface area contributed by atoms with E-state index in [9.17, 15) is 9.59 Å². The average molecular weight is 399 g/mol. The summed E-state index contributed by atoms with van der Waals surface area (Å²) >= 11 is 0. The standard InChI is InChI=1S/C26H26N2O2/c29-25(28-17-12-19-6-1-2-8-22(19)18-28)21-13-15-27(16-14-21)26(30)24-11-5-9-20-7-3-4-10-23(20)24/h1-11,21H,12-18H2. The summed E-state index contributed by atoms with van der Waals surface area (Å²) in [5.74, 6) is 0.346. The highest BCUT2D eigenvalue weighted by atomic mass is 16.2. The second-order valence-corrected chi connectivity index (χ2v) is 8.37. The predicted molar refractivity (Wildman–Crippen MR) is 118 cm³/mol. The van der Waals surface area contributed by atoms with Crippen molar-refractivity contribution >= 4 is 22.6 Å². The minimum atomic E-state index is 0.0202. The minimum Gasteiger partial charge on any atom is -0.339 e. The van der Waals surface area contributed by atoms with Crippen LogP contribution in [0.2, 0.25) is 0 Å². The van der Waals surface area contributed by atoms with E-state index >= 15 is 0 Å². The molecule has 3 aromatic carbocycles. The summed E-state index contributed by atoms with van der Waals surface area (Å²) in [4.78, 5) is 30.2. The molecule has 0 aromatic heterocycles. The lowest BCUT2D eigenvalue weighted by Crippen LogP contribution is -2.45. The molecule has 0 spiro atoms. The van der Waals surface area contributed by atoms with Crippen LogP contribution in [0.4, 0.5) is 0 Å². The summed E-state index contributed by atoms with van der Waals surface area (Å²) in [6.45, 7) is 2.79. The highest BCUT2D eigenvalue weighted by Gasteiger charge is 2.32. The molecule has 4 heteroatoms. The number of hydrogen-bond donors (Lipinski definition) is 0. The van der Waals surface area contributed by atoms with Crippen LogP contribution >= 0.6 is 0 Å². The van der Waals surface area contributed by atoms with Crippen molar-refractivity contribution in [3.63, 3.8) is 0 Å². The number of rotatable bonds is 2. The van der Waals surface area contributed by atoms with Crippen LogP contribution in [0.15, 0.2) is 66.7 Å². The van der Waals surface area contributed by atoms with Crippen LogP contribution in [-0.2, 0) is 17.8 Å². The van der Waals surface area contributed by atoms with E-state index in [2.05, 4.69) is 18.2 Å². The van der Waals surface area contributed by atoms with Gasteiger partial charge in [0.1, 0.15) is 0 Å². The lowest BCUT2D eigenvalue weighted by molar-refractivity contribution is -0.137. The molecule has 2 heterocycles. The highest BCUT2D eigenvalue weighted by Crippen LogP contribution is 2.27. The van der Waals surface area contributed by atoms with Gasteiger partial charge >= 0.3 is 0 Å². The Kier molecular flexibility index (Phi) is 4.99. The molecule has 0 atom stereocenters. The van der Waals surface area contributed by atoms with Crippen molar-refractivity contribution in [2.45, 2.75) is 25.8 Å². The van der Waals surface area contributed by atoms with Gasteiger partial charge in [0, 0.05) is 37.7 Å². The number of hydrogen-bond acceptors (Lipinski definition) is 2. The number of piperidine rings is 1. The van der Waals surface area contributed by atoms with Gasteiger partial charge in [0.25, 0.3) is 5.91 Å². The zero-order valence-electron chi connectivity index (χ0n) is 17.1. The van der Waals surface area contributed by atoms with Crippen molar-refractivity contribution in [1.29, 1.82) is 0 Å². The quantitative estimate of drug-likeness (QED) is 0.647. The van der Waals surface area contributed by atoms with E-state index in [1.165, 1.54) is 11.1 Å². The molecule has 30 heavy (non-hydrogen) atoms. The highest BCUT2D eigenvalue weighted by molar-refractivity contribution is 6.07. The Morgan fingerprint density at radius 3 is 2.27 bits per heavy atom. The largest absolute Gasteiger partial charge is 0.339 e. The molecule has 0 aliphatic carbocycles. The molecule has 0 unspecified atom stereocenters. The fourth-order valence-electron chi connectivity index (χ4n) is 4.85. The summed E-state index contributed by atoms with van der Waals surface area (Å²) in [6.07, 6.45) is 2.42. The van der Waals surface area contributed by atoms with E-state index in [0.717, 1.165) is 42.1 Å². The summed E-state index contributed by atoms with van der Waals surface area (Å²) in [5, 5.41) is 2.08. The maximum Gasteiger partial charge on any atom is 0.254 e. The van der Waals surface area contributed by atoms with Crippen LogP contribution in [0.5, 0.6) is 0 Å². The first-order chi connectivity index (χ1) is 14.7. The van der Waals surface area contributed by atoms with Crippen LogP contribution in [0.3, 0.4) is 0 Å². The molecule has 1 saturated heterocycles. The second-order valence-electron chi connectivity index (χ2n) is 8.37. The zero-order chi connectivity index (χ0) is 20.5. The van der Waals surface area contributed by atoms with Crippen molar-refractivity contribution in [3.05, 3.63) is 83.4 Å². The first kappa shape index (κ1) is 18.9. The van der Waals surface area contributed by atoms with E-state index in [0.29, 0.717) is 19.6 Å². The average Bonchev–Trinajstić information content (AvgIpc) is 2.82. The third-order valence-corrected chi connectivity index (χ3v) is 6.59. The smallest absolute Gasteiger partial charge is 0.254 e. The van der Waals surface area contributed by atoms with Crippen molar-refractivity contribution in [3.8, 4) is 0 Å². The van der Waals surface area contributed by atoms with Crippen LogP contribution in [0.1, 0.15) is 34.3 Å². The molecule has 5 rings (SSSR count). The monoisotopic (exact) mass is 398 g/mol. The molecule has 4 nitrogen and oxygen atoms in total.